The molecule has 0 saturated carbocycles. The van der Waals surface area contributed by atoms with Crippen LogP contribution in [0.25, 0.3) is 0 Å². The molecule has 3 nitrogen and oxygen atoms in total. The molecule has 0 radical (unpaired) electrons. The molecule has 0 aliphatic carbocycles. The van der Waals surface area contributed by atoms with Crippen LogP contribution in [0.2, 0.25) is 0 Å². The Hall–Kier alpha value is -0.990. The van der Waals surface area contributed by atoms with E-state index >= 15 is 0 Å². The average molecular weight is 142 g/mol. The molecule has 10 heavy (non-hydrogen) atoms. The van der Waals surface area contributed by atoms with Gasteiger partial charge in [-0.25, -0.2) is 0 Å². The molecule has 0 fully saturated rings. The summed E-state index contributed by atoms with van der Waals surface area (Å²) in [6.45, 7) is 0.607. The Morgan fingerprint density at radius 2 is 2.60 bits per heavy atom. The van der Waals surface area contributed by atoms with Crippen molar-refractivity contribution in [2.45, 2.75) is 6.42 Å². The molecule has 0 aromatic rings. The third-order valence-corrected chi connectivity index (χ3v) is 1.46. The highest BCUT2D eigenvalue weighted by molar-refractivity contribution is 5.74. The van der Waals surface area contributed by atoms with Gasteiger partial charge in [0, 0.05) is 0 Å². The zero-order chi connectivity index (χ0) is 7.40. The summed E-state index contributed by atoms with van der Waals surface area (Å²) >= 11 is 0. The van der Waals surface area contributed by atoms with Gasteiger partial charge < -0.3 is 9.47 Å². The van der Waals surface area contributed by atoms with Gasteiger partial charge in [-0.15, -0.1) is 0 Å². The van der Waals surface area contributed by atoms with E-state index in [1.807, 2.05) is 0 Å². The standard InChI is InChI=1S/C7H10O3/c1-9-7(8)6-2-4-10-5-3-6/h2,4,6H,3,5H2,1H3. The van der Waals surface area contributed by atoms with Crippen LogP contribution < -0.4 is 0 Å². The molecule has 0 amide bonds. The molecule has 56 valence electrons. The SMILES string of the molecule is COC(=O)C1C=COCC1. The van der Waals surface area contributed by atoms with Crippen LogP contribution in [0.1, 0.15) is 6.42 Å². The van der Waals surface area contributed by atoms with Crippen molar-refractivity contribution < 1.29 is 14.3 Å². The molecule has 1 aliphatic rings. The molecule has 1 atom stereocenters. The first-order chi connectivity index (χ1) is 4.84. The number of esters is 1. The van der Waals surface area contributed by atoms with Crippen molar-refractivity contribution in [3.8, 4) is 0 Å². The molecule has 1 unspecified atom stereocenters. The molecule has 0 aromatic carbocycles. The summed E-state index contributed by atoms with van der Waals surface area (Å²) in [6.07, 6.45) is 3.99. The number of hydrogen-bond acceptors (Lipinski definition) is 3. The summed E-state index contributed by atoms with van der Waals surface area (Å²) in [6, 6.07) is 0. The topological polar surface area (TPSA) is 35.5 Å². The van der Waals surface area contributed by atoms with Gasteiger partial charge in [0.25, 0.3) is 0 Å². The van der Waals surface area contributed by atoms with E-state index in [0.717, 1.165) is 6.42 Å². The van der Waals surface area contributed by atoms with Crippen LogP contribution in [0.3, 0.4) is 0 Å². The Balaban J connectivity index is 2.46. The maximum atomic E-state index is 10.8. The van der Waals surface area contributed by atoms with Crippen LogP contribution in [0, 0.1) is 5.92 Å². The van der Waals surface area contributed by atoms with Crippen molar-refractivity contribution in [2.24, 2.45) is 5.92 Å². The third-order valence-electron chi connectivity index (χ3n) is 1.46. The van der Waals surface area contributed by atoms with Gasteiger partial charge in [0.1, 0.15) is 0 Å². The van der Waals surface area contributed by atoms with Crippen molar-refractivity contribution in [3.63, 3.8) is 0 Å². The van der Waals surface area contributed by atoms with Crippen molar-refractivity contribution in [2.75, 3.05) is 13.7 Å². The minimum absolute atomic E-state index is 0.0984. The summed E-state index contributed by atoms with van der Waals surface area (Å²) < 4.78 is 9.45. The highest BCUT2D eigenvalue weighted by Crippen LogP contribution is 2.11. The van der Waals surface area contributed by atoms with Crippen LogP contribution in [0.15, 0.2) is 12.3 Å². The van der Waals surface area contributed by atoms with E-state index in [9.17, 15) is 4.79 Å². The minimum Gasteiger partial charge on any atom is -0.501 e. The zero-order valence-electron chi connectivity index (χ0n) is 5.87. The van der Waals surface area contributed by atoms with Crippen LogP contribution >= 0.6 is 0 Å². The number of carbonyl (C=O) groups excluding carboxylic acids is 1. The van der Waals surface area contributed by atoms with E-state index in [4.69, 9.17) is 4.74 Å². The predicted octanol–water partition coefficient (Wildman–Crippen LogP) is 0.710. The summed E-state index contributed by atoms with van der Waals surface area (Å²) in [5.41, 5.74) is 0. The Morgan fingerprint density at radius 1 is 1.80 bits per heavy atom. The third kappa shape index (κ3) is 1.50. The molecule has 0 spiro atoms. The lowest BCUT2D eigenvalue weighted by Gasteiger charge is -2.13. The quantitative estimate of drug-likeness (QED) is 0.506. The van der Waals surface area contributed by atoms with E-state index in [1.54, 1.807) is 12.3 Å². The maximum absolute atomic E-state index is 10.8. The highest BCUT2D eigenvalue weighted by atomic mass is 16.5. The fraction of sp³-hybridized carbons (Fsp3) is 0.571. The monoisotopic (exact) mass is 142 g/mol. The van der Waals surface area contributed by atoms with Crippen LogP contribution in [0.4, 0.5) is 0 Å². The van der Waals surface area contributed by atoms with E-state index in [1.165, 1.54) is 7.11 Å². The number of carbonyl (C=O) groups is 1. The fourth-order valence-corrected chi connectivity index (χ4v) is 0.857. The second-order valence-corrected chi connectivity index (χ2v) is 2.12. The first-order valence-corrected chi connectivity index (χ1v) is 3.20. The van der Waals surface area contributed by atoms with Gasteiger partial charge in [-0.05, 0) is 12.5 Å². The first kappa shape index (κ1) is 7.12. The van der Waals surface area contributed by atoms with Crippen LogP contribution in [0.5, 0.6) is 0 Å². The van der Waals surface area contributed by atoms with E-state index < -0.39 is 0 Å². The molecule has 1 rings (SSSR count). The van der Waals surface area contributed by atoms with Gasteiger partial charge in [0.2, 0.25) is 0 Å². The van der Waals surface area contributed by atoms with E-state index in [-0.39, 0.29) is 11.9 Å². The second kappa shape index (κ2) is 3.25. The number of hydrogen-bond donors (Lipinski definition) is 0. The molecule has 0 bridgehead atoms. The normalized spacial score (nSPS) is 23.5. The summed E-state index contributed by atoms with van der Waals surface area (Å²) in [7, 11) is 1.39. The lowest BCUT2D eigenvalue weighted by atomic mass is 10.1. The second-order valence-electron chi connectivity index (χ2n) is 2.12. The smallest absolute Gasteiger partial charge is 0.312 e. The van der Waals surface area contributed by atoms with Crippen molar-refractivity contribution >= 4 is 5.97 Å². The zero-order valence-corrected chi connectivity index (χ0v) is 5.87. The Morgan fingerprint density at radius 3 is 3.10 bits per heavy atom. The van der Waals surface area contributed by atoms with Crippen molar-refractivity contribution in [3.05, 3.63) is 12.3 Å². The molecule has 1 aliphatic heterocycles. The average Bonchev–Trinajstić information content (AvgIpc) is 2.05. The van der Waals surface area contributed by atoms with E-state index in [0.29, 0.717) is 6.61 Å². The van der Waals surface area contributed by atoms with Crippen LogP contribution in [-0.2, 0) is 14.3 Å². The van der Waals surface area contributed by atoms with Gasteiger partial charge in [-0.3, -0.25) is 4.79 Å². The molecule has 3 heteroatoms. The van der Waals surface area contributed by atoms with Crippen molar-refractivity contribution in [1.29, 1.82) is 0 Å². The van der Waals surface area contributed by atoms with Gasteiger partial charge in [0.15, 0.2) is 0 Å². The minimum atomic E-state index is -0.181. The summed E-state index contributed by atoms with van der Waals surface area (Å²) in [5.74, 6) is -0.279. The predicted molar refractivity (Wildman–Crippen MR) is 35.2 cm³/mol. The largest absolute Gasteiger partial charge is 0.501 e. The first-order valence-electron chi connectivity index (χ1n) is 3.20. The number of ether oxygens (including phenoxy) is 2. The molecule has 0 aromatic heterocycles. The Bertz CT molecular complexity index is 151. The molecule has 1 heterocycles. The number of rotatable bonds is 1. The van der Waals surface area contributed by atoms with Crippen molar-refractivity contribution in [1.82, 2.24) is 0 Å². The van der Waals surface area contributed by atoms with Gasteiger partial charge in [0.05, 0.1) is 25.9 Å². The highest BCUT2D eigenvalue weighted by Gasteiger charge is 2.17. The lowest BCUT2D eigenvalue weighted by molar-refractivity contribution is -0.144. The lowest BCUT2D eigenvalue weighted by Crippen LogP contribution is -2.18. The summed E-state index contributed by atoms with van der Waals surface area (Å²) in [4.78, 5) is 10.8. The van der Waals surface area contributed by atoms with Gasteiger partial charge >= 0.3 is 5.97 Å². The molecular weight excluding hydrogens is 132 g/mol. The van der Waals surface area contributed by atoms with Gasteiger partial charge in [-0.2, -0.15) is 0 Å². The maximum Gasteiger partial charge on any atom is 0.312 e. The molecule has 0 N–H and O–H groups in total. The fourth-order valence-electron chi connectivity index (χ4n) is 0.857. The molecule has 0 saturated heterocycles. The Kier molecular flexibility index (Phi) is 2.31. The summed E-state index contributed by atoms with van der Waals surface area (Å²) in [5, 5.41) is 0. The van der Waals surface area contributed by atoms with E-state index in [2.05, 4.69) is 4.74 Å². The van der Waals surface area contributed by atoms with Gasteiger partial charge in [-0.1, -0.05) is 0 Å². The number of methoxy groups -OCH3 is 1. The molecular formula is C7H10O3. The van der Waals surface area contributed by atoms with Crippen LogP contribution in [-0.4, -0.2) is 19.7 Å². The Labute approximate surface area is 59.6 Å².